The number of nitrogens with one attached hydrogen (secondary N) is 3. The first kappa shape index (κ1) is 11.1. The molecule has 0 unspecified atom stereocenters. The second-order valence-corrected chi connectivity index (χ2v) is 3.29. The minimum Gasteiger partial charge on any atom is -0.347 e. The highest BCUT2D eigenvalue weighted by Gasteiger charge is 2.06. The van der Waals surface area contributed by atoms with Crippen molar-refractivity contribution in [3.63, 3.8) is 0 Å². The highest BCUT2D eigenvalue weighted by molar-refractivity contribution is 5.93. The van der Waals surface area contributed by atoms with Gasteiger partial charge in [-0.2, -0.15) is 0 Å². The Balaban J connectivity index is 1.95. The van der Waals surface area contributed by atoms with Gasteiger partial charge in [0.2, 0.25) is 0 Å². The van der Waals surface area contributed by atoms with E-state index < -0.39 is 0 Å². The van der Waals surface area contributed by atoms with Crippen LogP contribution >= 0.6 is 0 Å². The van der Waals surface area contributed by atoms with Crippen molar-refractivity contribution < 1.29 is 4.79 Å². The van der Waals surface area contributed by atoms with Crippen LogP contribution in [0.2, 0.25) is 0 Å². The van der Waals surface area contributed by atoms with Crippen molar-refractivity contribution in [1.82, 2.24) is 20.3 Å². The van der Waals surface area contributed by atoms with Gasteiger partial charge in [-0.25, -0.2) is 15.8 Å². The van der Waals surface area contributed by atoms with Crippen LogP contribution in [0.1, 0.15) is 16.2 Å². The van der Waals surface area contributed by atoms with Crippen LogP contribution in [-0.2, 0) is 6.54 Å². The molecule has 0 aliphatic rings. The Kier molecular flexibility index (Phi) is 3.31. The predicted molar refractivity (Wildman–Crippen MR) is 61.8 cm³/mol. The molecule has 0 radical (unpaired) electrons. The smallest absolute Gasteiger partial charge is 0.253 e. The van der Waals surface area contributed by atoms with Crippen LogP contribution in [0.25, 0.3) is 0 Å². The highest BCUT2D eigenvalue weighted by Crippen LogP contribution is 2.03. The van der Waals surface area contributed by atoms with Gasteiger partial charge in [-0.3, -0.25) is 4.79 Å². The first-order valence-corrected chi connectivity index (χ1v) is 4.98. The van der Waals surface area contributed by atoms with Gasteiger partial charge in [0.25, 0.3) is 5.91 Å². The molecule has 0 saturated heterocycles. The zero-order chi connectivity index (χ0) is 12.1. The van der Waals surface area contributed by atoms with Gasteiger partial charge in [-0.1, -0.05) is 0 Å². The maximum Gasteiger partial charge on any atom is 0.253 e. The molecule has 2 aromatic rings. The van der Waals surface area contributed by atoms with Crippen LogP contribution in [0.4, 0.5) is 5.82 Å². The normalized spacial score (nSPS) is 9.94. The number of imidazole rings is 1. The molecule has 2 rings (SSSR count). The zero-order valence-electron chi connectivity index (χ0n) is 8.97. The molecule has 0 spiro atoms. The first-order chi connectivity index (χ1) is 8.29. The number of pyridine rings is 1. The van der Waals surface area contributed by atoms with E-state index in [1.807, 2.05) is 0 Å². The predicted octanol–water partition coefficient (Wildman–Crippen LogP) is 0.0203. The SMILES string of the molecule is NNc1ccc(C(=O)NCc2ncc[nH]2)cn1. The molecule has 7 nitrogen and oxygen atoms in total. The molecule has 0 bridgehead atoms. The first-order valence-electron chi connectivity index (χ1n) is 4.98. The second-order valence-electron chi connectivity index (χ2n) is 3.29. The van der Waals surface area contributed by atoms with E-state index in [4.69, 9.17) is 5.84 Å². The Morgan fingerprint density at radius 1 is 1.41 bits per heavy atom. The monoisotopic (exact) mass is 232 g/mol. The topological polar surface area (TPSA) is 109 Å². The van der Waals surface area contributed by atoms with Crippen LogP contribution < -0.4 is 16.6 Å². The van der Waals surface area contributed by atoms with E-state index in [1.165, 1.54) is 6.20 Å². The van der Waals surface area contributed by atoms with Crippen LogP contribution in [0.5, 0.6) is 0 Å². The number of anilines is 1. The quantitative estimate of drug-likeness (QED) is 0.439. The number of carbonyl (C=O) groups is 1. The van der Waals surface area contributed by atoms with Crippen molar-refractivity contribution in [1.29, 1.82) is 0 Å². The maximum absolute atomic E-state index is 11.7. The van der Waals surface area contributed by atoms with Gasteiger partial charge < -0.3 is 15.7 Å². The number of hydrazine groups is 1. The van der Waals surface area contributed by atoms with Crippen LogP contribution in [0.15, 0.2) is 30.7 Å². The van der Waals surface area contributed by atoms with E-state index in [0.29, 0.717) is 23.8 Å². The molecule has 0 aliphatic heterocycles. The summed E-state index contributed by atoms with van der Waals surface area (Å²) < 4.78 is 0. The largest absolute Gasteiger partial charge is 0.347 e. The van der Waals surface area contributed by atoms with Crippen LogP contribution in [-0.4, -0.2) is 20.9 Å². The number of rotatable bonds is 4. The number of carbonyl (C=O) groups excluding carboxylic acids is 1. The van der Waals surface area contributed by atoms with Gasteiger partial charge >= 0.3 is 0 Å². The van der Waals surface area contributed by atoms with Crippen molar-refractivity contribution in [3.05, 3.63) is 42.1 Å². The van der Waals surface area contributed by atoms with Crippen molar-refractivity contribution in [2.45, 2.75) is 6.54 Å². The second kappa shape index (κ2) is 5.08. The molecule has 1 amide bonds. The zero-order valence-corrected chi connectivity index (χ0v) is 8.97. The number of amides is 1. The van der Waals surface area contributed by atoms with Gasteiger partial charge in [0.15, 0.2) is 0 Å². The number of aromatic nitrogens is 3. The standard InChI is InChI=1S/C10H12N6O/c11-16-8-2-1-7(5-14-8)10(17)15-6-9-12-3-4-13-9/h1-5H,6,11H2,(H,12,13)(H,14,16)(H,15,17). The summed E-state index contributed by atoms with van der Waals surface area (Å²) in [6.45, 7) is 0.350. The summed E-state index contributed by atoms with van der Waals surface area (Å²) >= 11 is 0. The summed E-state index contributed by atoms with van der Waals surface area (Å²) in [4.78, 5) is 22.5. The maximum atomic E-state index is 11.7. The minimum atomic E-state index is -0.211. The third kappa shape index (κ3) is 2.79. The van der Waals surface area contributed by atoms with E-state index in [1.54, 1.807) is 24.5 Å². The summed E-state index contributed by atoms with van der Waals surface area (Å²) in [7, 11) is 0. The number of aromatic amines is 1. The van der Waals surface area contributed by atoms with E-state index in [-0.39, 0.29) is 5.91 Å². The Labute approximate surface area is 97.4 Å². The Morgan fingerprint density at radius 2 is 2.29 bits per heavy atom. The van der Waals surface area contributed by atoms with E-state index in [9.17, 15) is 4.79 Å². The van der Waals surface area contributed by atoms with Gasteiger partial charge in [0.05, 0.1) is 12.1 Å². The average molecular weight is 232 g/mol. The summed E-state index contributed by atoms with van der Waals surface area (Å²) in [5, 5.41) is 2.71. The van der Waals surface area contributed by atoms with Gasteiger partial charge in [-0.05, 0) is 12.1 Å². The number of hydrogen-bond acceptors (Lipinski definition) is 5. The highest BCUT2D eigenvalue weighted by atomic mass is 16.1. The molecule has 17 heavy (non-hydrogen) atoms. The van der Waals surface area contributed by atoms with Gasteiger partial charge in [-0.15, -0.1) is 0 Å². The lowest BCUT2D eigenvalue weighted by Crippen LogP contribution is -2.23. The van der Waals surface area contributed by atoms with Gasteiger partial charge in [0.1, 0.15) is 11.6 Å². The number of nitrogen functional groups attached to an aromatic ring is 1. The van der Waals surface area contributed by atoms with Crippen molar-refractivity contribution >= 4 is 11.7 Å². The number of H-pyrrole nitrogens is 1. The molecule has 0 fully saturated rings. The van der Waals surface area contributed by atoms with Crippen LogP contribution in [0.3, 0.4) is 0 Å². The fraction of sp³-hybridized carbons (Fsp3) is 0.100. The summed E-state index contributed by atoms with van der Waals surface area (Å²) in [6.07, 6.45) is 4.78. The van der Waals surface area contributed by atoms with Crippen molar-refractivity contribution in [2.75, 3.05) is 5.43 Å². The molecule has 2 aromatic heterocycles. The molecule has 0 saturated carbocycles. The average Bonchev–Trinajstić information content (AvgIpc) is 2.89. The van der Waals surface area contributed by atoms with E-state index in [2.05, 4.69) is 25.7 Å². The van der Waals surface area contributed by atoms with E-state index in [0.717, 1.165) is 0 Å². The molecular formula is C10H12N6O. The summed E-state index contributed by atoms with van der Waals surface area (Å²) in [5.41, 5.74) is 2.86. The number of nitrogens with two attached hydrogens (primary N) is 1. The minimum absolute atomic E-state index is 0.211. The molecule has 0 atom stereocenters. The lowest BCUT2D eigenvalue weighted by Gasteiger charge is -2.04. The Morgan fingerprint density at radius 3 is 2.88 bits per heavy atom. The third-order valence-corrected chi connectivity index (χ3v) is 2.14. The fourth-order valence-electron chi connectivity index (χ4n) is 1.27. The molecule has 2 heterocycles. The molecule has 0 aliphatic carbocycles. The Bertz CT molecular complexity index is 478. The fourth-order valence-corrected chi connectivity index (χ4v) is 1.27. The van der Waals surface area contributed by atoms with Gasteiger partial charge in [0, 0.05) is 18.6 Å². The Hall–Kier alpha value is -2.41. The molecule has 5 N–H and O–H groups in total. The molecule has 7 heteroatoms. The lowest BCUT2D eigenvalue weighted by molar-refractivity contribution is 0.0949. The molecule has 0 aromatic carbocycles. The summed E-state index contributed by atoms with van der Waals surface area (Å²) in [6, 6.07) is 3.27. The van der Waals surface area contributed by atoms with Crippen molar-refractivity contribution in [2.24, 2.45) is 5.84 Å². The third-order valence-electron chi connectivity index (χ3n) is 2.14. The van der Waals surface area contributed by atoms with Crippen LogP contribution in [0, 0.1) is 0 Å². The van der Waals surface area contributed by atoms with Crippen molar-refractivity contribution in [3.8, 4) is 0 Å². The summed E-state index contributed by atoms with van der Waals surface area (Å²) in [5.74, 6) is 6.17. The molecule has 88 valence electrons. The number of hydrogen-bond donors (Lipinski definition) is 4. The lowest BCUT2D eigenvalue weighted by atomic mass is 10.2. The van der Waals surface area contributed by atoms with E-state index >= 15 is 0 Å². The molecular weight excluding hydrogens is 220 g/mol. The number of nitrogens with zero attached hydrogens (tertiary/aromatic N) is 2.